The fourth-order valence-corrected chi connectivity index (χ4v) is 2.91. The number of aryl methyl sites for hydroxylation is 1. The van der Waals surface area contributed by atoms with Crippen LogP contribution in [-0.2, 0) is 11.2 Å². The number of aromatic nitrogens is 2. The molecule has 1 atom stereocenters. The highest BCUT2D eigenvalue weighted by Crippen LogP contribution is 2.23. The van der Waals surface area contributed by atoms with E-state index in [1.54, 1.807) is 0 Å². The first-order chi connectivity index (χ1) is 12.1. The van der Waals surface area contributed by atoms with Gasteiger partial charge in [0, 0.05) is 5.69 Å². The Hall–Kier alpha value is -2.60. The maximum absolute atomic E-state index is 12.3. The highest BCUT2D eigenvalue weighted by atomic mass is 32.2. The molecule has 0 saturated heterocycles. The van der Waals surface area contributed by atoms with E-state index in [1.165, 1.54) is 11.8 Å². The van der Waals surface area contributed by atoms with Crippen molar-refractivity contribution in [2.24, 2.45) is 0 Å². The van der Waals surface area contributed by atoms with E-state index in [0.717, 1.165) is 16.8 Å². The summed E-state index contributed by atoms with van der Waals surface area (Å²) in [6.07, 6.45) is 0.582. The fourth-order valence-electron chi connectivity index (χ4n) is 2.21. The minimum atomic E-state index is -0.341. The summed E-state index contributed by atoms with van der Waals surface area (Å²) in [7, 11) is 0. The van der Waals surface area contributed by atoms with Crippen LogP contribution in [0.15, 0.2) is 64.2 Å². The normalized spacial score (nSPS) is 11.9. The van der Waals surface area contributed by atoms with E-state index in [4.69, 9.17) is 4.42 Å². The standard InChI is InChI=1S/C19H19N3O2S/c1-13-8-10-16(11-9-13)20-18(23)14(2)25-19-22-21-17(24-19)12-15-6-4-3-5-7-15/h3-11,14H,12H2,1-2H3,(H,20,23)/t14-/m1/s1. The number of benzene rings is 2. The van der Waals surface area contributed by atoms with Gasteiger partial charge >= 0.3 is 0 Å². The molecule has 0 fully saturated rings. The van der Waals surface area contributed by atoms with Crippen molar-refractivity contribution >= 4 is 23.4 Å². The molecule has 6 heteroatoms. The molecule has 0 unspecified atom stereocenters. The molecule has 1 heterocycles. The molecule has 0 aliphatic rings. The quantitative estimate of drug-likeness (QED) is 0.676. The molecule has 25 heavy (non-hydrogen) atoms. The number of amides is 1. The molecule has 128 valence electrons. The van der Waals surface area contributed by atoms with Crippen molar-refractivity contribution < 1.29 is 9.21 Å². The molecule has 0 spiro atoms. The van der Waals surface area contributed by atoms with Crippen LogP contribution in [0.4, 0.5) is 5.69 Å². The van der Waals surface area contributed by atoms with E-state index in [9.17, 15) is 4.79 Å². The molecule has 0 aliphatic carbocycles. The maximum atomic E-state index is 12.3. The average molecular weight is 353 g/mol. The Labute approximate surface area is 150 Å². The van der Waals surface area contributed by atoms with E-state index in [1.807, 2.05) is 68.4 Å². The van der Waals surface area contributed by atoms with Crippen LogP contribution < -0.4 is 5.32 Å². The van der Waals surface area contributed by atoms with Crippen molar-refractivity contribution in [3.63, 3.8) is 0 Å². The zero-order chi connectivity index (χ0) is 17.6. The van der Waals surface area contributed by atoms with E-state index in [2.05, 4.69) is 15.5 Å². The van der Waals surface area contributed by atoms with Crippen LogP contribution in [0.25, 0.3) is 0 Å². The number of thioether (sulfide) groups is 1. The second-order valence-electron chi connectivity index (χ2n) is 5.74. The molecular weight excluding hydrogens is 334 g/mol. The van der Waals surface area contributed by atoms with Crippen molar-refractivity contribution in [2.45, 2.75) is 30.7 Å². The first kappa shape index (κ1) is 17.2. The highest BCUT2D eigenvalue weighted by molar-refractivity contribution is 8.00. The van der Waals surface area contributed by atoms with Gasteiger partial charge < -0.3 is 9.73 Å². The Kier molecular flexibility index (Phi) is 5.50. The minimum absolute atomic E-state index is 0.100. The Balaban J connectivity index is 1.56. The fraction of sp³-hybridized carbons (Fsp3) is 0.211. The van der Waals surface area contributed by atoms with Crippen LogP contribution in [0.5, 0.6) is 0 Å². The number of rotatable bonds is 6. The Morgan fingerprint density at radius 2 is 1.84 bits per heavy atom. The lowest BCUT2D eigenvalue weighted by molar-refractivity contribution is -0.115. The molecule has 5 nitrogen and oxygen atoms in total. The predicted molar refractivity (Wildman–Crippen MR) is 98.7 cm³/mol. The predicted octanol–water partition coefficient (Wildman–Crippen LogP) is 4.09. The van der Waals surface area contributed by atoms with Crippen molar-refractivity contribution in [1.29, 1.82) is 0 Å². The first-order valence-electron chi connectivity index (χ1n) is 8.00. The van der Waals surface area contributed by atoms with Gasteiger partial charge in [-0.3, -0.25) is 4.79 Å². The molecule has 3 aromatic rings. The third-order valence-corrected chi connectivity index (χ3v) is 4.55. The minimum Gasteiger partial charge on any atom is -0.416 e. The number of hydrogen-bond acceptors (Lipinski definition) is 5. The topological polar surface area (TPSA) is 68.0 Å². The summed E-state index contributed by atoms with van der Waals surface area (Å²) in [5, 5.41) is 11.0. The van der Waals surface area contributed by atoms with Crippen LogP contribution in [0.1, 0.15) is 23.9 Å². The van der Waals surface area contributed by atoms with Gasteiger partial charge in [-0.15, -0.1) is 10.2 Å². The van der Waals surface area contributed by atoms with Crippen LogP contribution >= 0.6 is 11.8 Å². The Bertz CT molecular complexity index is 831. The summed E-state index contributed by atoms with van der Waals surface area (Å²) in [4.78, 5) is 12.3. The van der Waals surface area contributed by atoms with Crippen LogP contribution in [0.3, 0.4) is 0 Å². The van der Waals surface area contributed by atoms with Gasteiger partial charge in [-0.2, -0.15) is 0 Å². The summed E-state index contributed by atoms with van der Waals surface area (Å²) in [5.41, 5.74) is 3.03. The van der Waals surface area contributed by atoms with E-state index >= 15 is 0 Å². The SMILES string of the molecule is Cc1ccc(NC(=O)[C@@H](C)Sc2nnc(Cc3ccccc3)o2)cc1. The average Bonchev–Trinajstić information content (AvgIpc) is 3.04. The lowest BCUT2D eigenvalue weighted by Crippen LogP contribution is -2.22. The van der Waals surface area contributed by atoms with Gasteiger partial charge in [-0.05, 0) is 31.5 Å². The third-order valence-electron chi connectivity index (χ3n) is 3.61. The van der Waals surface area contributed by atoms with Crippen molar-refractivity contribution in [3.8, 4) is 0 Å². The molecule has 0 radical (unpaired) electrons. The molecular formula is C19H19N3O2S. The molecule has 0 bridgehead atoms. The van der Waals surface area contributed by atoms with Crippen molar-refractivity contribution in [1.82, 2.24) is 10.2 Å². The lowest BCUT2D eigenvalue weighted by atomic mass is 10.2. The molecule has 3 rings (SSSR count). The molecule has 1 N–H and O–H groups in total. The highest BCUT2D eigenvalue weighted by Gasteiger charge is 2.18. The number of carbonyl (C=O) groups is 1. The van der Waals surface area contributed by atoms with Crippen molar-refractivity contribution in [2.75, 3.05) is 5.32 Å². The van der Waals surface area contributed by atoms with Gasteiger partial charge in [-0.1, -0.05) is 59.8 Å². The Morgan fingerprint density at radius 1 is 1.12 bits per heavy atom. The summed E-state index contributed by atoms with van der Waals surface area (Å²) in [5.74, 6) is 0.441. The summed E-state index contributed by atoms with van der Waals surface area (Å²) >= 11 is 1.25. The van der Waals surface area contributed by atoms with Gasteiger partial charge in [0.05, 0.1) is 11.7 Å². The lowest BCUT2D eigenvalue weighted by Gasteiger charge is -2.10. The summed E-state index contributed by atoms with van der Waals surface area (Å²) < 4.78 is 5.64. The van der Waals surface area contributed by atoms with E-state index in [0.29, 0.717) is 17.5 Å². The summed E-state index contributed by atoms with van der Waals surface area (Å²) in [6, 6.07) is 17.6. The zero-order valence-corrected chi connectivity index (χ0v) is 14.9. The third kappa shape index (κ3) is 4.93. The number of nitrogens with one attached hydrogen (secondary N) is 1. The van der Waals surface area contributed by atoms with E-state index in [-0.39, 0.29) is 11.2 Å². The van der Waals surface area contributed by atoms with Gasteiger partial charge in [0.2, 0.25) is 11.8 Å². The van der Waals surface area contributed by atoms with Crippen LogP contribution in [0, 0.1) is 6.92 Å². The monoisotopic (exact) mass is 353 g/mol. The molecule has 1 aromatic heterocycles. The van der Waals surface area contributed by atoms with Crippen LogP contribution in [0.2, 0.25) is 0 Å². The molecule has 0 saturated carbocycles. The number of hydrogen-bond donors (Lipinski definition) is 1. The van der Waals surface area contributed by atoms with Crippen molar-refractivity contribution in [3.05, 3.63) is 71.6 Å². The second-order valence-corrected chi connectivity index (χ2v) is 7.03. The number of anilines is 1. The first-order valence-corrected chi connectivity index (χ1v) is 8.88. The van der Waals surface area contributed by atoms with E-state index < -0.39 is 0 Å². The van der Waals surface area contributed by atoms with Gasteiger partial charge in [-0.25, -0.2) is 0 Å². The molecule has 0 aliphatic heterocycles. The number of carbonyl (C=O) groups excluding carboxylic acids is 1. The smallest absolute Gasteiger partial charge is 0.277 e. The maximum Gasteiger partial charge on any atom is 0.277 e. The largest absolute Gasteiger partial charge is 0.416 e. The number of nitrogens with zero attached hydrogens (tertiary/aromatic N) is 2. The van der Waals surface area contributed by atoms with Gasteiger partial charge in [0.25, 0.3) is 5.22 Å². The zero-order valence-electron chi connectivity index (χ0n) is 14.1. The van der Waals surface area contributed by atoms with Gasteiger partial charge in [0.1, 0.15) is 0 Å². The second kappa shape index (κ2) is 7.98. The Morgan fingerprint density at radius 3 is 2.56 bits per heavy atom. The molecule has 2 aromatic carbocycles. The summed E-state index contributed by atoms with van der Waals surface area (Å²) in [6.45, 7) is 3.82. The van der Waals surface area contributed by atoms with Crippen LogP contribution in [-0.4, -0.2) is 21.4 Å². The molecule has 1 amide bonds. The van der Waals surface area contributed by atoms with Gasteiger partial charge in [0.15, 0.2) is 0 Å².